The zero-order valence-corrected chi connectivity index (χ0v) is 11.5. The van der Waals surface area contributed by atoms with Gasteiger partial charge in [0.15, 0.2) is 0 Å². The van der Waals surface area contributed by atoms with E-state index < -0.39 is 0 Å². The predicted molar refractivity (Wildman–Crippen MR) is 73.7 cm³/mol. The average molecular weight is 249 g/mol. The van der Waals surface area contributed by atoms with Crippen molar-refractivity contribution in [3.63, 3.8) is 0 Å². The molecule has 2 atom stereocenters. The molecule has 2 rings (SSSR count). The van der Waals surface area contributed by atoms with E-state index in [4.69, 9.17) is 10.5 Å². The Hall–Kier alpha value is -1.13. The lowest BCUT2D eigenvalue weighted by atomic mass is 9.96. The summed E-state index contributed by atoms with van der Waals surface area (Å²) in [6.07, 6.45) is 1.44. The van der Waals surface area contributed by atoms with Crippen molar-refractivity contribution in [2.24, 2.45) is 11.7 Å². The zero-order valence-electron chi connectivity index (χ0n) is 11.5. The smallest absolute Gasteiger partial charge is 0.129 e. The van der Waals surface area contributed by atoms with Crippen LogP contribution in [0.3, 0.4) is 0 Å². The normalized spacial score (nSPS) is 24.3. The third kappa shape index (κ3) is 2.82. The standard InChI is InChI=1S/C14H23N3O/c1-10-4-5-17(9-13(10)18-3)14-7-12(8-15)6-11(2)16-14/h6-7,10,13H,4-5,8-9,15H2,1-3H3. The summed E-state index contributed by atoms with van der Waals surface area (Å²) in [5, 5.41) is 0. The summed E-state index contributed by atoms with van der Waals surface area (Å²) >= 11 is 0. The highest BCUT2D eigenvalue weighted by atomic mass is 16.5. The summed E-state index contributed by atoms with van der Waals surface area (Å²) < 4.78 is 5.55. The van der Waals surface area contributed by atoms with E-state index in [1.165, 1.54) is 0 Å². The summed E-state index contributed by atoms with van der Waals surface area (Å²) in [4.78, 5) is 6.92. The van der Waals surface area contributed by atoms with Gasteiger partial charge in [0.25, 0.3) is 0 Å². The van der Waals surface area contributed by atoms with Crippen LogP contribution in [0, 0.1) is 12.8 Å². The van der Waals surface area contributed by atoms with Crippen molar-refractivity contribution < 1.29 is 4.74 Å². The minimum Gasteiger partial charge on any atom is -0.379 e. The maximum atomic E-state index is 5.72. The molecule has 1 aliphatic heterocycles. The van der Waals surface area contributed by atoms with Crippen molar-refractivity contribution in [2.45, 2.75) is 32.9 Å². The average Bonchev–Trinajstić information content (AvgIpc) is 2.38. The quantitative estimate of drug-likeness (QED) is 0.886. The number of aryl methyl sites for hydroxylation is 1. The molecule has 2 heterocycles. The van der Waals surface area contributed by atoms with E-state index in [0.717, 1.165) is 36.6 Å². The Morgan fingerprint density at radius 3 is 2.94 bits per heavy atom. The maximum Gasteiger partial charge on any atom is 0.129 e. The summed E-state index contributed by atoms with van der Waals surface area (Å²) in [6.45, 7) is 6.79. The zero-order chi connectivity index (χ0) is 13.1. The second-order valence-electron chi connectivity index (χ2n) is 5.17. The minimum atomic E-state index is 0.294. The minimum absolute atomic E-state index is 0.294. The molecular weight excluding hydrogens is 226 g/mol. The van der Waals surface area contributed by atoms with Crippen molar-refractivity contribution in [2.75, 3.05) is 25.1 Å². The molecule has 0 spiro atoms. The molecule has 0 bridgehead atoms. The number of piperidine rings is 1. The molecular formula is C14H23N3O. The third-order valence-corrected chi connectivity index (χ3v) is 3.75. The van der Waals surface area contributed by atoms with Gasteiger partial charge in [0, 0.05) is 32.4 Å². The highest BCUT2D eigenvalue weighted by Gasteiger charge is 2.26. The van der Waals surface area contributed by atoms with Crippen LogP contribution in [0.15, 0.2) is 12.1 Å². The van der Waals surface area contributed by atoms with Crippen LogP contribution in [0.5, 0.6) is 0 Å². The predicted octanol–water partition coefficient (Wildman–Crippen LogP) is 1.71. The van der Waals surface area contributed by atoms with Gasteiger partial charge >= 0.3 is 0 Å². The van der Waals surface area contributed by atoms with Crippen LogP contribution in [0.4, 0.5) is 5.82 Å². The Balaban J connectivity index is 2.18. The monoisotopic (exact) mass is 249 g/mol. The van der Waals surface area contributed by atoms with E-state index >= 15 is 0 Å². The Labute approximate surface area is 109 Å². The van der Waals surface area contributed by atoms with Crippen LogP contribution in [-0.4, -0.2) is 31.3 Å². The first-order chi connectivity index (χ1) is 8.63. The lowest BCUT2D eigenvalue weighted by Gasteiger charge is -2.37. The van der Waals surface area contributed by atoms with Gasteiger partial charge < -0.3 is 15.4 Å². The van der Waals surface area contributed by atoms with Gasteiger partial charge in [-0.15, -0.1) is 0 Å². The molecule has 1 saturated heterocycles. The summed E-state index contributed by atoms with van der Waals surface area (Å²) in [5.74, 6) is 1.65. The summed E-state index contributed by atoms with van der Waals surface area (Å²) in [7, 11) is 1.79. The summed E-state index contributed by atoms with van der Waals surface area (Å²) in [5.41, 5.74) is 7.89. The highest BCUT2D eigenvalue weighted by molar-refractivity contribution is 5.43. The molecule has 1 fully saturated rings. The van der Waals surface area contributed by atoms with Gasteiger partial charge in [0.05, 0.1) is 6.10 Å². The third-order valence-electron chi connectivity index (χ3n) is 3.75. The van der Waals surface area contributed by atoms with Gasteiger partial charge in [0.2, 0.25) is 0 Å². The molecule has 4 heteroatoms. The maximum absolute atomic E-state index is 5.72. The fourth-order valence-corrected chi connectivity index (χ4v) is 2.55. The lowest BCUT2D eigenvalue weighted by molar-refractivity contribution is 0.0496. The van der Waals surface area contributed by atoms with Crippen molar-refractivity contribution in [3.8, 4) is 0 Å². The van der Waals surface area contributed by atoms with Gasteiger partial charge in [0.1, 0.15) is 5.82 Å². The largest absolute Gasteiger partial charge is 0.379 e. The molecule has 0 saturated carbocycles. The number of rotatable bonds is 3. The second-order valence-corrected chi connectivity index (χ2v) is 5.17. The lowest BCUT2D eigenvalue weighted by Crippen LogP contribution is -2.44. The molecule has 0 aliphatic carbocycles. The van der Waals surface area contributed by atoms with Crippen LogP contribution < -0.4 is 10.6 Å². The number of nitrogens with zero attached hydrogens (tertiary/aromatic N) is 2. The molecule has 1 aromatic heterocycles. The number of pyridine rings is 1. The van der Waals surface area contributed by atoms with E-state index in [1.54, 1.807) is 7.11 Å². The Bertz CT molecular complexity index is 408. The van der Waals surface area contributed by atoms with Crippen LogP contribution in [0.2, 0.25) is 0 Å². The van der Waals surface area contributed by atoms with E-state index in [2.05, 4.69) is 22.9 Å². The molecule has 2 unspecified atom stereocenters. The molecule has 2 N–H and O–H groups in total. The molecule has 1 aromatic rings. The molecule has 100 valence electrons. The summed E-state index contributed by atoms with van der Waals surface area (Å²) in [6, 6.07) is 4.14. The van der Waals surface area contributed by atoms with Gasteiger partial charge in [-0.1, -0.05) is 6.92 Å². The number of anilines is 1. The number of methoxy groups -OCH3 is 1. The van der Waals surface area contributed by atoms with Crippen LogP contribution in [0.25, 0.3) is 0 Å². The second kappa shape index (κ2) is 5.67. The van der Waals surface area contributed by atoms with E-state index in [0.29, 0.717) is 18.6 Å². The van der Waals surface area contributed by atoms with Crippen molar-refractivity contribution in [1.82, 2.24) is 4.98 Å². The first kappa shape index (κ1) is 13.3. The number of hydrogen-bond donors (Lipinski definition) is 1. The molecule has 4 nitrogen and oxygen atoms in total. The van der Waals surface area contributed by atoms with Crippen molar-refractivity contribution in [1.29, 1.82) is 0 Å². The van der Waals surface area contributed by atoms with Crippen LogP contribution in [0.1, 0.15) is 24.6 Å². The molecule has 0 amide bonds. The van der Waals surface area contributed by atoms with Crippen molar-refractivity contribution >= 4 is 5.82 Å². The fraction of sp³-hybridized carbons (Fsp3) is 0.643. The number of ether oxygens (including phenoxy) is 1. The van der Waals surface area contributed by atoms with Crippen LogP contribution in [-0.2, 0) is 11.3 Å². The Morgan fingerprint density at radius 2 is 2.28 bits per heavy atom. The Morgan fingerprint density at radius 1 is 1.50 bits per heavy atom. The van der Waals surface area contributed by atoms with Gasteiger partial charge in [-0.05, 0) is 37.0 Å². The fourth-order valence-electron chi connectivity index (χ4n) is 2.55. The van der Waals surface area contributed by atoms with E-state index in [9.17, 15) is 0 Å². The molecule has 1 aliphatic rings. The number of aromatic nitrogens is 1. The first-order valence-corrected chi connectivity index (χ1v) is 6.59. The molecule has 0 aromatic carbocycles. The highest BCUT2D eigenvalue weighted by Crippen LogP contribution is 2.24. The number of nitrogens with two attached hydrogens (primary N) is 1. The van der Waals surface area contributed by atoms with Crippen LogP contribution >= 0.6 is 0 Å². The van der Waals surface area contributed by atoms with Crippen molar-refractivity contribution in [3.05, 3.63) is 23.4 Å². The Kier molecular flexibility index (Phi) is 4.19. The molecule has 0 radical (unpaired) electrons. The topological polar surface area (TPSA) is 51.4 Å². The van der Waals surface area contributed by atoms with E-state index in [1.807, 2.05) is 13.0 Å². The first-order valence-electron chi connectivity index (χ1n) is 6.59. The van der Waals surface area contributed by atoms with Gasteiger partial charge in [-0.3, -0.25) is 0 Å². The SMILES string of the molecule is COC1CN(c2cc(CN)cc(C)n2)CCC1C. The van der Waals surface area contributed by atoms with E-state index in [-0.39, 0.29) is 0 Å². The van der Waals surface area contributed by atoms with Gasteiger partial charge in [-0.25, -0.2) is 4.98 Å². The molecule has 18 heavy (non-hydrogen) atoms. The van der Waals surface area contributed by atoms with Gasteiger partial charge in [-0.2, -0.15) is 0 Å². The number of hydrogen-bond acceptors (Lipinski definition) is 4.